The first kappa shape index (κ1) is 10.6. The second-order valence-corrected chi connectivity index (χ2v) is 5.53. The fraction of sp³-hybridized carbons (Fsp3) is 0.692. The number of hydrogen-bond acceptors (Lipinski definition) is 0. The van der Waals surface area contributed by atoms with Crippen molar-refractivity contribution in [3.63, 3.8) is 0 Å². The average Bonchev–Trinajstić information content (AvgIpc) is 2.00. The minimum Gasteiger partial charge on any atom is -0.0990 e. The summed E-state index contributed by atoms with van der Waals surface area (Å²) in [6, 6.07) is 0. The van der Waals surface area contributed by atoms with E-state index in [0.717, 1.165) is 6.42 Å². The summed E-state index contributed by atoms with van der Waals surface area (Å²) in [5, 5.41) is 0. The van der Waals surface area contributed by atoms with Crippen LogP contribution in [0, 0.1) is 16.7 Å². The molecule has 0 aliphatic heterocycles. The zero-order valence-electron chi connectivity index (χ0n) is 9.70. The van der Waals surface area contributed by atoms with Crippen LogP contribution < -0.4 is 0 Å². The Kier molecular flexibility index (Phi) is 2.22. The number of rotatable bonds is 0. The maximum Gasteiger partial charge on any atom is 0.00641 e. The van der Waals surface area contributed by atoms with Crippen LogP contribution in [0.4, 0.5) is 0 Å². The fourth-order valence-electron chi connectivity index (χ4n) is 2.20. The summed E-state index contributed by atoms with van der Waals surface area (Å²) in [5.74, 6) is 0.667. The van der Waals surface area contributed by atoms with Gasteiger partial charge in [0.25, 0.3) is 0 Å². The summed E-state index contributed by atoms with van der Waals surface area (Å²) < 4.78 is 0. The van der Waals surface area contributed by atoms with Crippen LogP contribution in [-0.4, -0.2) is 0 Å². The zero-order valence-corrected chi connectivity index (χ0v) is 9.70. The average molecular weight is 178 g/mol. The van der Waals surface area contributed by atoms with Crippen LogP contribution in [-0.2, 0) is 0 Å². The molecular weight excluding hydrogens is 156 g/mol. The summed E-state index contributed by atoms with van der Waals surface area (Å²) in [6.07, 6.45) is 1.14. The van der Waals surface area contributed by atoms with E-state index in [-0.39, 0.29) is 10.8 Å². The van der Waals surface area contributed by atoms with Crippen molar-refractivity contribution in [2.45, 2.75) is 41.0 Å². The van der Waals surface area contributed by atoms with E-state index in [9.17, 15) is 0 Å². The van der Waals surface area contributed by atoms with E-state index in [1.54, 1.807) is 0 Å². The molecule has 0 aromatic rings. The van der Waals surface area contributed by atoms with Crippen molar-refractivity contribution in [3.8, 4) is 0 Å². The highest BCUT2D eigenvalue weighted by Gasteiger charge is 2.43. The summed E-state index contributed by atoms with van der Waals surface area (Å²) in [4.78, 5) is 0. The van der Waals surface area contributed by atoms with Crippen LogP contribution in [0.5, 0.6) is 0 Å². The van der Waals surface area contributed by atoms with Crippen LogP contribution in [0.3, 0.4) is 0 Å². The molecule has 0 heteroatoms. The SMILES string of the molecule is C=C1CC(C)C(C)(C)C(=C)C1(C)C. The summed E-state index contributed by atoms with van der Waals surface area (Å²) in [5.41, 5.74) is 3.05. The maximum atomic E-state index is 4.26. The first-order chi connectivity index (χ1) is 5.70. The Morgan fingerprint density at radius 1 is 1.15 bits per heavy atom. The molecule has 0 aromatic carbocycles. The molecule has 0 aromatic heterocycles. The van der Waals surface area contributed by atoms with E-state index in [0.29, 0.717) is 5.92 Å². The minimum atomic E-state index is 0.121. The molecule has 74 valence electrons. The highest BCUT2D eigenvalue weighted by molar-refractivity contribution is 5.32. The van der Waals surface area contributed by atoms with Gasteiger partial charge in [-0.2, -0.15) is 0 Å². The molecule has 1 atom stereocenters. The van der Waals surface area contributed by atoms with E-state index in [4.69, 9.17) is 0 Å². The molecule has 13 heavy (non-hydrogen) atoms. The highest BCUT2D eigenvalue weighted by Crippen LogP contribution is 2.54. The molecule has 0 heterocycles. The Balaban J connectivity index is 3.11. The molecule has 0 radical (unpaired) electrons. The molecule has 0 bridgehead atoms. The zero-order chi connectivity index (χ0) is 10.4. The third-order valence-electron chi connectivity index (χ3n) is 4.20. The molecule has 1 aliphatic carbocycles. The summed E-state index contributed by atoms with van der Waals surface area (Å²) in [7, 11) is 0. The Labute approximate surface area is 82.7 Å². The second-order valence-electron chi connectivity index (χ2n) is 5.53. The van der Waals surface area contributed by atoms with E-state index in [1.165, 1.54) is 11.1 Å². The Hall–Kier alpha value is -0.520. The molecule has 1 aliphatic rings. The Bertz CT molecular complexity index is 253. The van der Waals surface area contributed by atoms with Gasteiger partial charge in [0.1, 0.15) is 0 Å². The molecule has 1 saturated carbocycles. The number of allylic oxidation sites excluding steroid dienone is 2. The minimum absolute atomic E-state index is 0.121. The van der Waals surface area contributed by atoms with Gasteiger partial charge in [-0.1, -0.05) is 58.9 Å². The van der Waals surface area contributed by atoms with Crippen LogP contribution in [0.2, 0.25) is 0 Å². The van der Waals surface area contributed by atoms with Gasteiger partial charge in [0, 0.05) is 5.41 Å². The summed E-state index contributed by atoms with van der Waals surface area (Å²) in [6.45, 7) is 19.8. The van der Waals surface area contributed by atoms with Gasteiger partial charge in [-0.15, -0.1) is 0 Å². The molecule has 1 rings (SSSR count). The van der Waals surface area contributed by atoms with Gasteiger partial charge in [0.2, 0.25) is 0 Å². The van der Waals surface area contributed by atoms with Crippen LogP contribution in [0.1, 0.15) is 41.0 Å². The quantitative estimate of drug-likeness (QED) is 0.488. The van der Waals surface area contributed by atoms with E-state index in [1.807, 2.05) is 0 Å². The predicted molar refractivity (Wildman–Crippen MR) is 59.6 cm³/mol. The molecule has 0 nitrogen and oxygen atoms in total. The van der Waals surface area contributed by atoms with Crippen LogP contribution >= 0.6 is 0 Å². The van der Waals surface area contributed by atoms with Crippen molar-refractivity contribution in [1.29, 1.82) is 0 Å². The summed E-state index contributed by atoms with van der Waals surface area (Å²) >= 11 is 0. The lowest BCUT2D eigenvalue weighted by atomic mass is 9.56. The Morgan fingerprint density at radius 3 is 2.08 bits per heavy atom. The normalized spacial score (nSPS) is 31.9. The van der Waals surface area contributed by atoms with Gasteiger partial charge >= 0.3 is 0 Å². The van der Waals surface area contributed by atoms with Crippen LogP contribution in [0.15, 0.2) is 24.3 Å². The van der Waals surface area contributed by atoms with E-state index in [2.05, 4.69) is 47.8 Å². The van der Waals surface area contributed by atoms with Gasteiger partial charge in [-0.3, -0.25) is 0 Å². The van der Waals surface area contributed by atoms with Gasteiger partial charge in [-0.25, -0.2) is 0 Å². The predicted octanol–water partition coefficient (Wildman–Crippen LogP) is 4.19. The van der Waals surface area contributed by atoms with Gasteiger partial charge in [-0.05, 0) is 17.8 Å². The lowest BCUT2D eigenvalue weighted by Crippen LogP contribution is -2.38. The standard InChI is InChI=1S/C13H22/c1-9-8-10(2)13(6,7)11(3)12(9,4)5/h10H,1,3,8H2,2,4-7H3. The van der Waals surface area contributed by atoms with E-state index < -0.39 is 0 Å². The lowest BCUT2D eigenvalue weighted by molar-refractivity contribution is 0.197. The van der Waals surface area contributed by atoms with Crippen molar-refractivity contribution in [1.82, 2.24) is 0 Å². The van der Waals surface area contributed by atoms with Gasteiger partial charge in [0.15, 0.2) is 0 Å². The maximum absolute atomic E-state index is 4.26. The number of hydrogen-bond donors (Lipinski definition) is 0. The largest absolute Gasteiger partial charge is 0.0990 e. The van der Waals surface area contributed by atoms with Crippen LogP contribution in [0.25, 0.3) is 0 Å². The van der Waals surface area contributed by atoms with Crippen molar-refractivity contribution >= 4 is 0 Å². The fourth-order valence-corrected chi connectivity index (χ4v) is 2.20. The third-order valence-corrected chi connectivity index (χ3v) is 4.20. The smallest absolute Gasteiger partial charge is 0.00641 e. The second kappa shape index (κ2) is 2.73. The lowest BCUT2D eigenvalue weighted by Gasteiger charge is -2.49. The molecule has 0 spiro atoms. The van der Waals surface area contributed by atoms with Gasteiger partial charge in [0.05, 0.1) is 0 Å². The van der Waals surface area contributed by atoms with Crippen molar-refractivity contribution in [3.05, 3.63) is 24.3 Å². The van der Waals surface area contributed by atoms with Crippen molar-refractivity contribution < 1.29 is 0 Å². The first-order valence-corrected chi connectivity index (χ1v) is 5.08. The first-order valence-electron chi connectivity index (χ1n) is 5.08. The molecule has 0 amide bonds. The van der Waals surface area contributed by atoms with Crippen molar-refractivity contribution in [2.24, 2.45) is 16.7 Å². The van der Waals surface area contributed by atoms with Crippen molar-refractivity contribution in [2.75, 3.05) is 0 Å². The van der Waals surface area contributed by atoms with Gasteiger partial charge < -0.3 is 0 Å². The third kappa shape index (κ3) is 1.37. The Morgan fingerprint density at radius 2 is 1.62 bits per heavy atom. The molecule has 0 saturated heterocycles. The molecular formula is C13H22. The molecule has 1 unspecified atom stereocenters. The van der Waals surface area contributed by atoms with E-state index >= 15 is 0 Å². The molecule has 1 fully saturated rings. The highest BCUT2D eigenvalue weighted by atomic mass is 14.5. The monoisotopic (exact) mass is 178 g/mol. The topological polar surface area (TPSA) is 0 Å². The molecule has 0 N–H and O–H groups in total.